The van der Waals surface area contributed by atoms with Crippen LogP contribution >= 0.6 is 0 Å². The monoisotopic (exact) mass is 437 g/mol. The molecule has 10 nitrogen and oxygen atoms in total. The summed E-state index contributed by atoms with van der Waals surface area (Å²) in [6.45, 7) is 3.29. The highest BCUT2D eigenvalue weighted by Gasteiger charge is 2.22. The Labute approximate surface area is 184 Å². The Bertz CT molecular complexity index is 1140. The number of aromatic nitrogens is 2. The Morgan fingerprint density at radius 2 is 1.97 bits per heavy atom. The predicted molar refractivity (Wildman–Crippen MR) is 118 cm³/mol. The van der Waals surface area contributed by atoms with Crippen LogP contribution in [0.3, 0.4) is 0 Å². The first kappa shape index (κ1) is 22.5. The summed E-state index contributed by atoms with van der Waals surface area (Å²) in [5.41, 5.74) is 4.59. The van der Waals surface area contributed by atoms with Crippen LogP contribution in [0, 0.1) is 24.0 Å². The molecule has 0 fully saturated rings. The van der Waals surface area contributed by atoms with Gasteiger partial charge >= 0.3 is 5.69 Å². The van der Waals surface area contributed by atoms with Crippen molar-refractivity contribution >= 4 is 17.8 Å². The van der Waals surface area contributed by atoms with Crippen molar-refractivity contribution in [3.05, 3.63) is 81.2 Å². The third-order valence-corrected chi connectivity index (χ3v) is 4.65. The van der Waals surface area contributed by atoms with E-state index in [0.29, 0.717) is 29.4 Å². The molecule has 0 aliphatic carbocycles. The number of rotatable bonds is 9. The number of nitro groups is 1. The fourth-order valence-corrected chi connectivity index (χ4v) is 3.07. The van der Waals surface area contributed by atoms with Gasteiger partial charge in [0.1, 0.15) is 24.5 Å². The third-order valence-electron chi connectivity index (χ3n) is 4.65. The number of hydrazone groups is 1. The number of methoxy groups -OCH3 is 1. The molecule has 1 N–H and O–H groups in total. The van der Waals surface area contributed by atoms with Crippen LogP contribution in [0.1, 0.15) is 22.5 Å². The van der Waals surface area contributed by atoms with Gasteiger partial charge in [-0.15, -0.1) is 0 Å². The van der Waals surface area contributed by atoms with E-state index in [4.69, 9.17) is 9.47 Å². The molecule has 1 heterocycles. The molecule has 0 atom stereocenters. The summed E-state index contributed by atoms with van der Waals surface area (Å²) in [6, 6.07) is 15.1. The summed E-state index contributed by atoms with van der Waals surface area (Å²) in [5.74, 6) is 0.659. The zero-order valence-electron chi connectivity index (χ0n) is 17.9. The fraction of sp³-hybridized carbons (Fsp3) is 0.227. The molecule has 0 saturated carbocycles. The molecular weight excluding hydrogens is 414 g/mol. The van der Waals surface area contributed by atoms with E-state index >= 15 is 0 Å². The maximum Gasteiger partial charge on any atom is 0.312 e. The van der Waals surface area contributed by atoms with Crippen molar-refractivity contribution < 1.29 is 19.2 Å². The molecule has 0 aliphatic heterocycles. The molecule has 0 radical (unpaired) electrons. The zero-order valence-corrected chi connectivity index (χ0v) is 17.9. The molecule has 3 rings (SSSR count). The number of ether oxygens (including phenoxy) is 2. The van der Waals surface area contributed by atoms with Gasteiger partial charge in [0.15, 0.2) is 11.5 Å². The predicted octanol–water partition coefficient (Wildman–Crippen LogP) is 3.15. The highest BCUT2D eigenvalue weighted by molar-refractivity contribution is 5.83. The number of amides is 1. The normalized spacial score (nSPS) is 10.8. The number of hydrogen-bond acceptors (Lipinski definition) is 7. The molecule has 0 aliphatic rings. The molecule has 0 unspecified atom stereocenters. The summed E-state index contributed by atoms with van der Waals surface area (Å²) >= 11 is 0. The van der Waals surface area contributed by atoms with Crippen molar-refractivity contribution in [1.82, 2.24) is 15.2 Å². The smallest absolute Gasteiger partial charge is 0.312 e. The molecule has 2 aromatic carbocycles. The van der Waals surface area contributed by atoms with Crippen molar-refractivity contribution in [2.45, 2.75) is 27.0 Å². The van der Waals surface area contributed by atoms with Crippen molar-refractivity contribution in [2.75, 3.05) is 7.11 Å². The highest BCUT2D eigenvalue weighted by atomic mass is 16.6. The second kappa shape index (κ2) is 10.2. The second-order valence-electron chi connectivity index (χ2n) is 6.91. The van der Waals surface area contributed by atoms with E-state index in [1.807, 2.05) is 30.3 Å². The Morgan fingerprint density at radius 3 is 2.62 bits per heavy atom. The van der Waals surface area contributed by atoms with Gasteiger partial charge < -0.3 is 9.47 Å². The Balaban J connectivity index is 1.59. The highest BCUT2D eigenvalue weighted by Crippen LogP contribution is 2.28. The molecule has 0 spiro atoms. The average molecular weight is 437 g/mol. The molecule has 0 bridgehead atoms. The number of carbonyl (C=O) groups is 1. The van der Waals surface area contributed by atoms with Crippen molar-refractivity contribution in [2.24, 2.45) is 5.10 Å². The maximum absolute atomic E-state index is 12.1. The van der Waals surface area contributed by atoms with E-state index < -0.39 is 10.8 Å². The SMILES string of the molecule is COc1cc(C=NNC(=O)Cn2nc(C)c([N+](=O)[O-])c2C)ccc1OCc1ccccc1. The Morgan fingerprint density at radius 1 is 1.22 bits per heavy atom. The zero-order chi connectivity index (χ0) is 23.1. The van der Waals surface area contributed by atoms with Crippen LogP contribution < -0.4 is 14.9 Å². The summed E-state index contributed by atoms with van der Waals surface area (Å²) in [6.07, 6.45) is 1.46. The average Bonchev–Trinajstić information content (AvgIpc) is 3.06. The van der Waals surface area contributed by atoms with E-state index in [1.165, 1.54) is 17.8 Å². The van der Waals surface area contributed by atoms with Crippen molar-refractivity contribution in [3.63, 3.8) is 0 Å². The minimum absolute atomic E-state index is 0.0945. The number of aryl methyl sites for hydroxylation is 1. The minimum atomic E-state index is -0.509. The molecule has 10 heteroatoms. The number of nitrogens with one attached hydrogen (secondary N) is 1. The van der Waals surface area contributed by atoms with Crippen molar-refractivity contribution in [3.8, 4) is 11.5 Å². The van der Waals surface area contributed by atoms with Crippen LogP contribution in [0.5, 0.6) is 11.5 Å². The molecular formula is C22H23N5O5. The standard InChI is InChI=1S/C22H23N5O5/c1-15-22(27(29)30)16(2)26(25-15)13-21(28)24-23-12-18-9-10-19(20(11-18)31-3)32-14-17-7-5-4-6-8-17/h4-12H,13-14H2,1-3H3,(H,24,28). The lowest BCUT2D eigenvalue weighted by Gasteiger charge is -2.11. The van der Waals surface area contributed by atoms with Gasteiger partial charge in [0.2, 0.25) is 0 Å². The number of nitrogens with zero attached hydrogens (tertiary/aromatic N) is 4. The van der Waals surface area contributed by atoms with Crippen molar-refractivity contribution in [1.29, 1.82) is 0 Å². The van der Waals surface area contributed by atoms with E-state index in [9.17, 15) is 14.9 Å². The molecule has 1 amide bonds. The van der Waals surface area contributed by atoms with Gasteiger partial charge in [-0.2, -0.15) is 10.2 Å². The second-order valence-corrected chi connectivity index (χ2v) is 6.91. The largest absolute Gasteiger partial charge is 0.493 e. The van der Waals surface area contributed by atoms with Crippen LogP contribution in [-0.4, -0.2) is 33.9 Å². The van der Waals surface area contributed by atoms with Gasteiger partial charge in [0.05, 0.1) is 18.2 Å². The summed E-state index contributed by atoms with van der Waals surface area (Å²) in [7, 11) is 1.54. The summed E-state index contributed by atoms with van der Waals surface area (Å²) in [4.78, 5) is 22.7. The van der Waals surface area contributed by atoms with Crippen LogP contribution in [-0.2, 0) is 17.9 Å². The summed E-state index contributed by atoms with van der Waals surface area (Å²) in [5, 5.41) is 19.0. The van der Waals surface area contributed by atoms with Crippen LogP contribution in [0.2, 0.25) is 0 Å². The molecule has 166 valence electrons. The maximum atomic E-state index is 12.1. The number of hydrogen-bond donors (Lipinski definition) is 1. The van der Waals surface area contributed by atoms with Gasteiger partial charge in [-0.3, -0.25) is 19.6 Å². The van der Waals surface area contributed by atoms with Gasteiger partial charge in [-0.25, -0.2) is 5.43 Å². The first-order chi connectivity index (χ1) is 15.4. The lowest BCUT2D eigenvalue weighted by molar-refractivity contribution is -0.386. The number of carbonyl (C=O) groups excluding carboxylic acids is 1. The van der Waals surface area contributed by atoms with Crippen LogP contribution in [0.4, 0.5) is 5.69 Å². The molecule has 3 aromatic rings. The molecule has 0 saturated heterocycles. The van der Waals surface area contributed by atoms with E-state index in [0.717, 1.165) is 5.56 Å². The first-order valence-corrected chi connectivity index (χ1v) is 9.74. The fourth-order valence-electron chi connectivity index (χ4n) is 3.07. The number of benzene rings is 2. The lowest BCUT2D eigenvalue weighted by Crippen LogP contribution is -2.24. The summed E-state index contributed by atoms with van der Waals surface area (Å²) < 4.78 is 12.5. The van der Waals surface area contributed by atoms with Gasteiger partial charge in [-0.05, 0) is 43.2 Å². The Hall–Kier alpha value is -4.21. The molecule has 32 heavy (non-hydrogen) atoms. The Kier molecular flexibility index (Phi) is 7.17. The molecule has 1 aromatic heterocycles. The van der Waals surface area contributed by atoms with E-state index in [-0.39, 0.29) is 17.9 Å². The first-order valence-electron chi connectivity index (χ1n) is 9.74. The lowest BCUT2D eigenvalue weighted by atomic mass is 10.2. The third kappa shape index (κ3) is 5.48. The van der Waals surface area contributed by atoms with Gasteiger partial charge in [0, 0.05) is 0 Å². The van der Waals surface area contributed by atoms with Gasteiger partial charge in [-0.1, -0.05) is 30.3 Å². The van der Waals surface area contributed by atoms with Crippen LogP contribution in [0.25, 0.3) is 0 Å². The minimum Gasteiger partial charge on any atom is -0.493 e. The topological polar surface area (TPSA) is 121 Å². The van der Waals surface area contributed by atoms with E-state index in [1.54, 1.807) is 32.2 Å². The van der Waals surface area contributed by atoms with Crippen LogP contribution in [0.15, 0.2) is 53.6 Å². The van der Waals surface area contributed by atoms with Gasteiger partial charge in [0.25, 0.3) is 5.91 Å². The van der Waals surface area contributed by atoms with E-state index in [2.05, 4.69) is 15.6 Å². The quantitative estimate of drug-likeness (QED) is 0.312.